The number of nitro benzene ring substituents is 1. The molecule has 10 nitrogen and oxygen atoms in total. The molecule has 1 aromatic carbocycles. The molecule has 0 aliphatic heterocycles. The van der Waals surface area contributed by atoms with Crippen LogP contribution in [0.15, 0.2) is 27.8 Å². The Hall–Kier alpha value is -2.95. The van der Waals surface area contributed by atoms with Crippen molar-refractivity contribution in [1.82, 2.24) is 20.8 Å². The Kier molecular flexibility index (Phi) is 6.81. The Bertz CT molecular complexity index is 910. The first-order chi connectivity index (χ1) is 13.9. The molecule has 0 spiro atoms. The molecule has 1 aromatic heterocycles. The van der Waals surface area contributed by atoms with Crippen molar-refractivity contribution >= 4 is 29.3 Å². The fourth-order valence-electron chi connectivity index (χ4n) is 3.15. The highest BCUT2D eigenvalue weighted by Crippen LogP contribution is 2.21. The molecular formula is C18H21N5O5S. The fraction of sp³-hybridized carbons (Fsp3) is 0.444. The molecule has 1 aliphatic carbocycles. The van der Waals surface area contributed by atoms with Crippen LogP contribution in [0.25, 0.3) is 0 Å². The summed E-state index contributed by atoms with van der Waals surface area (Å²) in [6.07, 6.45) is 4.33. The third-order valence-corrected chi connectivity index (χ3v) is 5.46. The van der Waals surface area contributed by atoms with Crippen LogP contribution in [-0.4, -0.2) is 38.7 Å². The van der Waals surface area contributed by atoms with E-state index in [4.69, 9.17) is 4.42 Å². The van der Waals surface area contributed by atoms with Gasteiger partial charge in [-0.2, -0.15) is 0 Å². The minimum atomic E-state index is -0.531. The zero-order valence-corrected chi connectivity index (χ0v) is 16.7. The highest BCUT2D eigenvalue weighted by molar-refractivity contribution is 7.99. The second kappa shape index (κ2) is 9.50. The van der Waals surface area contributed by atoms with E-state index >= 15 is 0 Å². The van der Waals surface area contributed by atoms with Gasteiger partial charge in [-0.25, -0.2) is 0 Å². The van der Waals surface area contributed by atoms with Gasteiger partial charge in [-0.1, -0.05) is 30.7 Å². The first-order valence-electron chi connectivity index (χ1n) is 9.21. The monoisotopic (exact) mass is 419 g/mol. The van der Waals surface area contributed by atoms with Gasteiger partial charge in [0.05, 0.1) is 17.2 Å². The van der Waals surface area contributed by atoms with Crippen molar-refractivity contribution < 1.29 is 18.9 Å². The molecule has 154 valence electrons. The molecule has 0 saturated heterocycles. The molecule has 3 rings (SSSR count). The van der Waals surface area contributed by atoms with Crippen LogP contribution in [0.4, 0.5) is 5.69 Å². The highest BCUT2D eigenvalue weighted by Gasteiger charge is 2.19. The number of hydrogen-bond donors (Lipinski definition) is 2. The van der Waals surface area contributed by atoms with Gasteiger partial charge in [-0.05, 0) is 25.8 Å². The van der Waals surface area contributed by atoms with Gasteiger partial charge >= 0.3 is 0 Å². The lowest BCUT2D eigenvalue weighted by atomic mass is 10.1. The van der Waals surface area contributed by atoms with Crippen LogP contribution in [0.2, 0.25) is 0 Å². The number of nitrogens with one attached hydrogen (secondary N) is 2. The number of carbonyl (C=O) groups is 2. The van der Waals surface area contributed by atoms with Crippen molar-refractivity contribution in [3.8, 4) is 0 Å². The lowest BCUT2D eigenvalue weighted by molar-refractivity contribution is -0.385. The average Bonchev–Trinajstić information content (AvgIpc) is 3.36. The molecule has 0 bridgehead atoms. The summed E-state index contributed by atoms with van der Waals surface area (Å²) in [5, 5.41) is 24.5. The van der Waals surface area contributed by atoms with Gasteiger partial charge in [-0.15, -0.1) is 10.2 Å². The van der Waals surface area contributed by atoms with Crippen LogP contribution < -0.4 is 10.6 Å². The van der Waals surface area contributed by atoms with E-state index in [-0.39, 0.29) is 52.2 Å². The topological polar surface area (TPSA) is 140 Å². The van der Waals surface area contributed by atoms with Gasteiger partial charge in [0, 0.05) is 23.2 Å². The number of hydrogen-bond acceptors (Lipinski definition) is 8. The minimum absolute atomic E-state index is 0.0250. The maximum Gasteiger partial charge on any atom is 0.277 e. The summed E-state index contributed by atoms with van der Waals surface area (Å²) in [4.78, 5) is 34.7. The van der Waals surface area contributed by atoms with E-state index in [2.05, 4.69) is 20.8 Å². The molecule has 2 N–H and O–H groups in total. The number of carbonyl (C=O) groups excluding carboxylic acids is 2. The van der Waals surface area contributed by atoms with Gasteiger partial charge < -0.3 is 15.1 Å². The number of amides is 2. The predicted octanol–water partition coefficient (Wildman–Crippen LogP) is 2.37. The highest BCUT2D eigenvalue weighted by atomic mass is 32.2. The van der Waals surface area contributed by atoms with Crippen molar-refractivity contribution in [1.29, 1.82) is 0 Å². The lowest BCUT2D eigenvalue weighted by Crippen LogP contribution is -2.33. The van der Waals surface area contributed by atoms with Crippen molar-refractivity contribution in [2.75, 3.05) is 5.75 Å². The van der Waals surface area contributed by atoms with Crippen molar-refractivity contribution in [3.05, 3.63) is 45.3 Å². The van der Waals surface area contributed by atoms with E-state index < -0.39 is 10.8 Å². The molecular weight excluding hydrogens is 398 g/mol. The smallest absolute Gasteiger partial charge is 0.277 e. The third-order valence-electron chi connectivity index (χ3n) is 4.64. The standard InChI is InChI=1S/C18H21N5O5S/c1-11-13(7-4-8-14(11)23(26)27)17(25)19-9-16-21-22-18(28-16)29-10-15(24)20-12-5-2-3-6-12/h4,7-8,12H,2-3,5-6,9-10H2,1H3,(H,19,25)(H,20,24). The lowest BCUT2D eigenvalue weighted by Gasteiger charge is -2.10. The molecule has 2 amide bonds. The van der Waals surface area contributed by atoms with Crippen molar-refractivity contribution in [2.45, 2.75) is 50.4 Å². The molecule has 1 fully saturated rings. The molecule has 11 heteroatoms. The summed E-state index contributed by atoms with van der Waals surface area (Å²) in [5.41, 5.74) is 0.368. The third kappa shape index (κ3) is 5.53. The van der Waals surface area contributed by atoms with Gasteiger partial charge in [0.2, 0.25) is 11.8 Å². The zero-order chi connectivity index (χ0) is 20.8. The number of benzene rings is 1. The van der Waals surface area contributed by atoms with Crippen LogP contribution in [-0.2, 0) is 11.3 Å². The summed E-state index contributed by atoms with van der Waals surface area (Å²) in [6.45, 7) is 1.49. The molecule has 0 unspecified atom stereocenters. The summed E-state index contributed by atoms with van der Waals surface area (Å²) in [5.74, 6) is -0.192. The fourth-order valence-corrected chi connectivity index (χ4v) is 3.74. The van der Waals surface area contributed by atoms with E-state index in [1.54, 1.807) is 0 Å². The van der Waals surface area contributed by atoms with Crippen LogP contribution in [0, 0.1) is 17.0 Å². The molecule has 1 aliphatic rings. The van der Waals surface area contributed by atoms with E-state index in [0.29, 0.717) is 0 Å². The summed E-state index contributed by atoms with van der Waals surface area (Å²) >= 11 is 1.13. The number of nitrogens with zero attached hydrogens (tertiary/aromatic N) is 3. The Morgan fingerprint density at radius 3 is 2.79 bits per heavy atom. The molecule has 0 atom stereocenters. The summed E-state index contributed by atoms with van der Waals surface area (Å²) in [6, 6.07) is 4.57. The maximum absolute atomic E-state index is 12.3. The Balaban J connectivity index is 1.49. The Morgan fingerprint density at radius 1 is 1.31 bits per heavy atom. The zero-order valence-electron chi connectivity index (χ0n) is 15.8. The molecule has 1 heterocycles. The van der Waals surface area contributed by atoms with E-state index in [9.17, 15) is 19.7 Å². The van der Waals surface area contributed by atoms with Crippen LogP contribution >= 0.6 is 11.8 Å². The number of thioether (sulfide) groups is 1. The first kappa shape index (κ1) is 20.8. The molecule has 1 saturated carbocycles. The van der Waals surface area contributed by atoms with Gasteiger partial charge in [0.1, 0.15) is 0 Å². The van der Waals surface area contributed by atoms with Crippen LogP contribution in [0.1, 0.15) is 47.5 Å². The Morgan fingerprint density at radius 2 is 2.07 bits per heavy atom. The predicted molar refractivity (Wildman–Crippen MR) is 104 cm³/mol. The van der Waals surface area contributed by atoms with Gasteiger partial charge in [-0.3, -0.25) is 19.7 Å². The minimum Gasteiger partial charge on any atom is -0.414 e. The number of rotatable bonds is 8. The van der Waals surface area contributed by atoms with E-state index in [1.165, 1.54) is 25.1 Å². The number of aromatic nitrogens is 2. The van der Waals surface area contributed by atoms with E-state index in [1.807, 2.05) is 0 Å². The largest absolute Gasteiger partial charge is 0.414 e. The SMILES string of the molecule is Cc1c(C(=O)NCc2nnc(SCC(=O)NC3CCCC3)o2)cccc1[N+](=O)[O-]. The summed E-state index contributed by atoms with van der Waals surface area (Å²) in [7, 11) is 0. The van der Waals surface area contributed by atoms with E-state index in [0.717, 1.165) is 37.4 Å². The van der Waals surface area contributed by atoms with Gasteiger partial charge in [0.25, 0.3) is 16.8 Å². The Labute approximate surface area is 171 Å². The van der Waals surface area contributed by atoms with Gasteiger partial charge in [0.15, 0.2) is 0 Å². The summed E-state index contributed by atoms with van der Waals surface area (Å²) < 4.78 is 5.42. The van der Waals surface area contributed by atoms with Crippen LogP contribution in [0.3, 0.4) is 0 Å². The average molecular weight is 419 g/mol. The molecule has 0 radical (unpaired) electrons. The molecule has 29 heavy (non-hydrogen) atoms. The maximum atomic E-state index is 12.3. The quantitative estimate of drug-likeness (QED) is 0.377. The number of nitro groups is 1. The second-order valence-corrected chi connectivity index (χ2v) is 7.62. The van der Waals surface area contributed by atoms with Crippen molar-refractivity contribution in [2.24, 2.45) is 0 Å². The first-order valence-corrected chi connectivity index (χ1v) is 10.2. The van der Waals surface area contributed by atoms with Crippen LogP contribution in [0.5, 0.6) is 0 Å². The molecule has 2 aromatic rings. The second-order valence-electron chi connectivity index (χ2n) is 6.69. The normalized spacial score (nSPS) is 14.0. The van der Waals surface area contributed by atoms with Crippen molar-refractivity contribution in [3.63, 3.8) is 0 Å².